The quantitative estimate of drug-likeness (QED) is 0.0985. The first kappa shape index (κ1) is 71.7. The smallest absolute Gasteiger partial charge is 0.289 e. The molecule has 0 saturated carbocycles. The molecule has 0 radical (unpaired) electrons. The molecule has 11 rings (SSSR count). The molecule has 0 bridgehead atoms. The van der Waals surface area contributed by atoms with Crippen LogP contribution >= 0.6 is 0 Å². The maximum atomic E-state index is 13.7. The van der Waals surface area contributed by atoms with Crippen LogP contribution in [0.5, 0.6) is 0 Å². The van der Waals surface area contributed by atoms with Crippen LogP contribution in [0.1, 0.15) is 126 Å². The van der Waals surface area contributed by atoms with Crippen molar-refractivity contribution >= 4 is 5.78 Å². The highest BCUT2D eigenvalue weighted by Crippen LogP contribution is 2.56. The molecule has 0 N–H and O–H groups in total. The Kier molecular flexibility index (Phi) is 25.0. The van der Waals surface area contributed by atoms with Crippen molar-refractivity contribution in [3.8, 4) is 22.3 Å². The van der Waals surface area contributed by atoms with Crippen LogP contribution in [0.15, 0.2) is 267 Å². The van der Waals surface area contributed by atoms with E-state index in [0.717, 1.165) is 41.8 Å². The van der Waals surface area contributed by atoms with Gasteiger partial charge in [0, 0.05) is 16.5 Å². The SMILES string of the molecule is C.Cc1ccc(-c2cccc(-c3ccc(C)cc3)c2)cc1.Cc1ccc(C(=O)c2ccc(C)cc2)cc1.Cc1ccc(C(C)(C)c2ccc(C)cc2)cc1.Cc1ccc(C(c2ccc(C)cc2)(C(F)(F)F)C(F)(F)F)cc1.Cc1ccc(Cc2ccc(C)cc2)cc1. The molecule has 11 aromatic carbocycles. The third-order valence-corrected chi connectivity index (χ3v) is 16.3. The predicted molar refractivity (Wildman–Crippen MR) is 374 cm³/mol. The van der Waals surface area contributed by atoms with Crippen LogP contribution in [0.4, 0.5) is 26.3 Å². The molecule has 0 saturated heterocycles. The number of hydrogen-bond acceptors (Lipinski definition) is 1. The van der Waals surface area contributed by atoms with Gasteiger partial charge in [-0.05, 0) is 137 Å². The molecule has 92 heavy (non-hydrogen) atoms. The van der Waals surface area contributed by atoms with Crippen LogP contribution in [0.3, 0.4) is 0 Å². The Hall–Kier alpha value is -9.33. The van der Waals surface area contributed by atoms with E-state index in [-0.39, 0.29) is 18.6 Å². The summed E-state index contributed by atoms with van der Waals surface area (Å²) in [6.07, 6.45) is -10.0. The minimum absolute atomic E-state index is 0. The summed E-state index contributed by atoms with van der Waals surface area (Å²) in [7, 11) is 0. The van der Waals surface area contributed by atoms with Gasteiger partial charge in [-0.2, -0.15) is 26.3 Å². The lowest BCUT2D eigenvalue weighted by atomic mass is 9.72. The zero-order valence-electron chi connectivity index (χ0n) is 54.3. The first-order valence-electron chi connectivity index (χ1n) is 30.6. The van der Waals surface area contributed by atoms with Crippen LogP contribution in [0.25, 0.3) is 22.3 Å². The second kappa shape index (κ2) is 32.1. The van der Waals surface area contributed by atoms with Crippen molar-refractivity contribution in [3.63, 3.8) is 0 Å². The molecule has 0 aliphatic rings. The van der Waals surface area contributed by atoms with Gasteiger partial charge in [-0.25, -0.2) is 0 Å². The van der Waals surface area contributed by atoms with Gasteiger partial charge in [0.2, 0.25) is 5.41 Å². The van der Waals surface area contributed by atoms with E-state index in [9.17, 15) is 31.1 Å². The molecule has 0 spiro atoms. The maximum Gasteiger partial charge on any atom is 0.411 e. The van der Waals surface area contributed by atoms with E-state index < -0.39 is 28.9 Å². The first-order valence-corrected chi connectivity index (χ1v) is 30.6. The summed E-state index contributed by atoms with van der Waals surface area (Å²) < 4.78 is 82.3. The molecule has 0 unspecified atom stereocenters. The van der Waals surface area contributed by atoms with Gasteiger partial charge in [-0.1, -0.05) is 338 Å². The number of carbonyl (C=O) groups is 1. The minimum Gasteiger partial charge on any atom is -0.289 e. The van der Waals surface area contributed by atoms with Gasteiger partial charge in [0.05, 0.1) is 0 Å². The third-order valence-electron chi connectivity index (χ3n) is 16.3. The largest absolute Gasteiger partial charge is 0.411 e. The second-order valence-corrected chi connectivity index (χ2v) is 24.4. The van der Waals surface area contributed by atoms with Gasteiger partial charge in [0.1, 0.15) is 0 Å². The van der Waals surface area contributed by atoms with Gasteiger partial charge in [-0.3, -0.25) is 4.79 Å². The van der Waals surface area contributed by atoms with E-state index in [2.05, 4.69) is 225 Å². The summed E-state index contributed by atoms with van der Waals surface area (Å²) in [5, 5.41) is 0. The number of halogens is 6. The van der Waals surface area contributed by atoms with E-state index >= 15 is 0 Å². The zero-order chi connectivity index (χ0) is 66.1. The number of rotatable bonds is 10. The normalized spacial score (nSPS) is 11.2. The van der Waals surface area contributed by atoms with Crippen LogP contribution < -0.4 is 0 Å². The molecule has 0 aliphatic heterocycles. The van der Waals surface area contributed by atoms with Gasteiger partial charge in [-0.15, -0.1) is 0 Å². The monoisotopic (exact) mass is 1240 g/mol. The van der Waals surface area contributed by atoms with Gasteiger partial charge in [0.25, 0.3) is 0 Å². The number of benzene rings is 11. The topological polar surface area (TPSA) is 17.1 Å². The third kappa shape index (κ3) is 19.4. The Balaban J connectivity index is 0.000000184. The summed E-state index contributed by atoms with van der Waals surface area (Å²) in [5.74, 6) is 0.0833. The van der Waals surface area contributed by atoms with Crippen molar-refractivity contribution in [2.45, 2.75) is 120 Å². The highest BCUT2D eigenvalue weighted by atomic mass is 19.4. The van der Waals surface area contributed by atoms with E-state index in [1.165, 1.54) is 113 Å². The molecule has 0 aromatic heterocycles. The van der Waals surface area contributed by atoms with E-state index in [4.69, 9.17) is 0 Å². The van der Waals surface area contributed by atoms with E-state index in [1.807, 2.05) is 62.4 Å². The Morgan fingerprint density at radius 1 is 0.283 bits per heavy atom. The van der Waals surface area contributed by atoms with Gasteiger partial charge < -0.3 is 0 Å². The number of aryl methyl sites for hydroxylation is 10. The van der Waals surface area contributed by atoms with Crippen LogP contribution in [0, 0.1) is 69.2 Å². The molecular formula is C85H86F6O. The molecule has 0 heterocycles. The predicted octanol–water partition coefficient (Wildman–Crippen LogP) is 24.0. The van der Waals surface area contributed by atoms with Crippen molar-refractivity contribution in [2.24, 2.45) is 0 Å². The fourth-order valence-corrected chi connectivity index (χ4v) is 10.3. The lowest BCUT2D eigenvalue weighted by Crippen LogP contribution is -2.54. The van der Waals surface area contributed by atoms with Gasteiger partial charge in [0.15, 0.2) is 5.78 Å². The van der Waals surface area contributed by atoms with Crippen LogP contribution in [-0.4, -0.2) is 18.1 Å². The fourth-order valence-electron chi connectivity index (χ4n) is 10.3. The fraction of sp³-hybridized carbons (Fsp3) is 0.212. The second-order valence-electron chi connectivity index (χ2n) is 24.4. The first-order chi connectivity index (χ1) is 43.1. The highest BCUT2D eigenvalue weighted by molar-refractivity contribution is 6.09. The zero-order valence-corrected chi connectivity index (χ0v) is 54.3. The summed E-state index contributed by atoms with van der Waals surface area (Å²) in [6.45, 7) is 24.5. The standard InChI is InChI=1S/C20H18.C17H14F6.C17H20.C15H14O.C15H16.CH4/c1-15-6-10-17(11-7-15)19-4-3-5-20(14-19)18-12-8-16(2)9-13-18;1-11-3-7-13(8-4-11)15(16(18,19)20,17(21,22)23)14-9-5-12(2)6-10-14;1-13-5-9-15(10-6-13)17(3,4)16-11-7-14(2)8-12-16;1-11-3-7-13(8-4-11)15(16)14-9-5-12(2)6-10-14;1-12-3-7-14(8-4-12)11-15-9-5-13(2)6-10-15;/h3-14H,1-2H3;3-10H,1-2H3;5-12H,1-4H3;3-10H,1-2H3;3-10H,11H2,1-2H3;1H4. The van der Waals surface area contributed by atoms with Crippen molar-refractivity contribution < 1.29 is 31.1 Å². The number of carbonyl (C=O) groups excluding carboxylic acids is 1. The average Bonchev–Trinajstić information content (AvgIpc) is 0.721. The molecule has 11 aromatic rings. The summed E-state index contributed by atoms with van der Waals surface area (Å²) >= 11 is 0. The molecule has 0 atom stereocenters. The lowest BCUT2D eigenvalue weighted by molar-refractivity contribution is -0.288. The summed E-state index contributed by atoms with van der Waals surface area (Å²) in [4.78, 5) is 12.1. The molecule has 0 aliphatic carbocycles. The molecule has 1 nitrogen and oxygen atoms in total. The molecule has 0 amide bonds. The van der Waals surface area contributed by atoms with Crippen molar-refractivity contribution in [1.82, 2.24) is 0 Å². The number of ketones is 1. The van der Waals surface area contributed by atoms with Crippen molar-refractivity contribution in [1.29, 1.82) is 0 Å². The Morgan fingerprint density at radius 3 is 0.750 bits per heavy atom. The summed E-state index contributed by atoms with van der Waals surface area (Å²) in [5.41, 5.74) is 17.7. The average molecular weight is 1240 g/mol. The molecular weight excluding hydrogens is 1150 g/mol. The molecule has 474 valence electrons. The highest BCUT2D eigenvalue weighted by Gasteiger charge is 2.72. The Morgan fingerprint density at radius 2 is 0.500 bits per heavy atom. The number of alkyl halides is 6. The molecule has 7 heteroatoms. The lowest BCUT2D eigenvalue weighted by Gasteiger charge is -2.38. The van der Waals surface area contributed by atoms with Crippen molar-refractivity contribution in [2.75, 3.05) is 0 Å². The van der Waals surface area contributed by atoms with Crippen LogP contribution in [-0.2, 0) is 17.3 Å². The number of hydrogen-bond donors (Lipinski definition) is 0. The minimum atomic E-state index is -5.53. The van der Waals surface area contributed by atoms with Gasteiger partial charge >= 0.3 is 12.4 Å². The summed E-state index contributed by atoms with van der Waals surface area (Å²) in [6, 6.07) is 85.1. The van der Waals surface area contributed by atoms with Crippen LogP contribution in [0.2, 0.25) is 0 Å². The van der Waals surface area contributed by atoms with E-state index in [0.29, 0.717) is 11.1 Å². The van der Waals surface area contributed by atoms with E-state index in [1.54, 1.807) is 13.8 Å². The van der Waals surface area contributed by atoms with Crippen molar-refractivity contribution in [3.05, 3.63) is 367 Å². The Bertz CT molecular complexity index is 3770. The molecule has 0 fully saturated rings. The maximum absolute atomic E-state index is 13.7. The Labute approximate surface area is 543 Å².